The molecule has 0 saturated carbocycles. The van der Waals surface area contributed by atoms with Crippen LogP contribution in [-0.2, 0) is 6.18 Å². The van der Waals surface area contributed by atoms with Gasteiger partial charge in [0, 0.05) is 29.9 Å². The third-order valence-corrected chi connectivity index (χ3v) is 4.40. The van der Waals surface area contributed by atoms with E-state index in [4.69, 9.17) is 0 Å². The van der Waals surface area contributed by atoms with Gasteiger partial charge in [-0.2, -0.15) is 13.2 Å². The van der Waals surface area contributed by atoms with Crippen LogP contribution >= 0.6 is 0 Å². The van der Waals surface area contributed by atoms with E-state index in [9.17, 15) is 23.1 Å². The Kier molecular flexibility index (Phi) is 5.98. The van der Waals surface area contributed by atoms with Crippen LogP contribution in [0.25, 0.3) is 22.6 Å². The van der Waals surface area contributed by atoms with Crippen molar-refractivity contribution in [3.05, 3.63) is 66.1 Å². The Morgan fingerprint density at radius 3 is 2.30 bits per heavy atom. The number of rotatable bonds is 6. The summed E-state index contributed by atoms with van der Waals surface area (Å²) in [5.74, 6) is -0.0510. The summed E-state index contributed by atoms with van der Waals surface area (Å²) in [6, 6.07) is 9.43. The van der Waals surface area contributed by atoms with Crippen molar-refractivity contribution in [3.8, 4) is 22.6 Å². The van der Waals surface area contributed by atoms with Crippen LogP contribution < -0.4 is 0 Å². The quantitative estimate of drug-likeness (QED) is 0.576. The Morgan fingerprint density at radius 2 is 1.73 bits per heavy atom. The molecule has 0 atom stereocenters. The van der Waals surface area contributed by atoms with Gasteiger partial charge in [-0.3, -0.25) is 9.78 Å². The van der Waals surface area contributed by atoms with Gasteiger partial charge in [0.2, 0.25) is 0 Å². The summed E-state index contributed by atoms with van der Waals surface area (Å²) < 4.78 is 38.6. The van der Waals surface area contributed by atoms with Crippen LogP contribution in [0.5, 0.6) is 0 Å². The third-order valence-electron chi connectivity index (χ3n) is 4.40. The average Bonchev–Trinajstić information content (AvgIpc) is 2.71. The Bertz CT molecular complexity index is 1030. The van der Waals surface area contributed by atoms with Gasteiger partial charge in [-0.1, -0.05) is 12.1 Å². The second-order valence-corrected chi connectivity index (χ2v) is 7.51. The van der Waals surface area contributed by atoms with Gasteiger partial charge in [-0.25, -0.2) is 9.97 Å². The van der Waals surface area contributed by atoms with E-state index in [0.717, 1.165) is 12.1 Å². The van der Waals surface area contributed by atoms with E-state index in [1.54, 1.807) is 32.2 Å². The topological polar surface area (TPSA) is 76.0 Å². The van der Waals surface area contributed by atoms with Crippen LogP contribution in [0.2, 0.25) is 0 Å². The smallest absolute Gasteiger partial charge is 0.390 e. The molecule has 1 N–H and O–H groups in total. The predicted molar refractivity (Wildman–Crippen MR) is 106 cm³/mol. The molecule has 3 aromatic rings. The van der Waals surface area contributed by atoms with Gasteiger partial charge in [0.1, 0.15) is 5.69 Å². The molecule has 0 bridgehead atoms. The lowest BCUT2D eigenvalue weighted by Gasteiger charge is -2.16. The van der Waals surface area contributed by atoms with Crippen LogP contribution in [0.4, 0.5) is 13.2 Å². The van der Waals surface area contributed by atoms with Gasteiger partial charge in [-0.05, 0) is 50.6 Å². The molecule has 30 heavy (non-hydrogen) atoms. The number of halogens is 3. The summed E-state index contributed by atoms with van der Waals surface area (Å²) in [6.45, 7) is 3.21. The third kappa shape index (κ3) is 5.48. The van der Waals surface area contributed by atoms with E-state index in [0.29, 0.717) is 16.8 Å². The number of hydrogen-bond donors (Lipinski definition) is 1. The number of carbonyl (C=O) groups excluding carboxylic acids is 1. The molecule has 5 nitrogen and oxygen atoms in total. The standard InChI is InChI=1S/C22H20F3N3O2/c1-21(2,30)10-9-19(29)18-12-17(14-5-7-16(8-6-14)22(23,24)25)27-20(28-18)15-4-3-11-26-13-15/h3-8,11-13,30H,9-10H2,1-2H3. The van der Waals surface area contributed by atoms with Crippen molar-refractivity contribution in [2.24, 2.45) is 0 Å². The highest BCUT2D eigenvalue weighted by Crippen LogP contribution is 2.31. The number of ketones is 1. The van der Waals surface area contributed by atoms with Crippen LogP contribution in [0.3, 0.4) is 0 Å². The van der Waals surface area contributed by atoms with Gasteiger partial charge in [0.15, 0.2) is 11.6 Å². The first-order valence-corrected chi connectivity index (χ1v) is 9.26. The fraction of sp³-hybridized carbons (Fsp3) is 0.273. The van der Waals surface area contributed by atoms with E-state index in [-0.39, 0.29) is 30.1 Å². The number of alkyl halides is 3. The number of Topliss-reactive ketones (excluding diaryl/α,β-unsaturated/α-hetero) is 1. The highest BCUT2D eigenvalue weighted by Gasteiger charge is 2.30. The number of nitrogens with zero attached hydrogens (tertiary/aromatic N) is 3. The molecule has 1 aromatic carbocycles. The van der Waals surface area contributed by atoms with E-state index in [1.165, 1.54) is 24.4 Å². The number of benzene rings is 1. The number of aromatic nitrogens is 3. The molecule has 0 aliphatic heterocycles. The van der Waals surface area contributed by atoms with Crippen molar-refractivity contribution in [2.45, 2.75) is 38.5 Å². The fourth-order valence-electron chi connectivity index (χ4n) is 2.74. The van der Waals surface area contributed by atoms with Crippen molar-refractivity contribution >= 4 is 5.78 Å². The average molecular weight is 415 g/mol. The molecule has 0 saturated heterocycles. The lowest BCUT2D eigenvalue weighted by molar-refractivity contribution is -0.137. The van der Waals surface area contributed by atoms with Crippen molar-refractivity contribution in [1.29, 1.82) is 0 Å². The molecule has 8 heteroatoms. The van der Waals surface area contributed by atoms with Crippen LogP contribution in [0.15, 0.2) is 54.9 Å². The first-order valence-electron chi connectivity index (χ1n) is 9.26. The van der Waals surface area contributed by atoms with Crippen molar-refractivity contribution in [2.75, 3.05) is 0 Å². The minimum atomic E-state index is -4.44. The number of pyridine rings is 1. The van der Waals surface area contributed by atoms with E-state index >= 15 is 0 Å². The zero-order valence-corrected chi connectivity index (χ0v) is 16.4. The van der Waals surface area contributed by atoms with Crippen LogP contribution in [-0.4, -0.2) is 31.4 Å². The van der Waals surface area contributed by atoms with Gasteiger partial charge >= 0.3 is 6.18 Å². The van der Waals surface area contributed by atoms with Crippen LogP contribution in [0.1, 0.15) is 42.7 Å². The van der Waals surface area contributed by atoms with Crippen molar-refractivity contribution in [1.82, 2.24) is 15.0 Å². The largest absolute Gasteiger partial charge is 0.416 e. The van der Waals surface area contributed by atoms with Crippen molar-refractivity contribution in [3.63, 3.8) is 0 Å². The molecular weight excluding hydrogens is 395 g/mol. The monoisotopic (exact) mass is 415 g/mol. The maximum atomic E-state index is 12.9. The minimum Gasteiger partial charge on any atom is -0.390 e. The zero-order valence-electron chi connectivity index (χ0n) is 16.4. The lowest BCUT2D eigenvalue weighted by atomic mass is 9.99. The van der Waals surface area contributed by atoms with Crippen molar-refractivity contribution < 1.29 is 23.1 Å². The van der Waals surface area contributed by atoms with E-state index in [1.807, 2.05) is 0 Å². The molecular formula is C22H20F3N3O2. The molecule has 3 rings (SSSR count). The molecule has 0 fully saturated rings. The Labute approximate surface area is 171 Å². The SMILES string of the molecule is CC(C)(O)CCC(=O)c1cc(-c2ccc(C(F)(F)F)cc2)nc(-c2cccnc2)n1. The van der Waals surface area contributed by atoms with E-state index < -0.39 is 17.3 Å². The van der Waals surface area contributed by atoms with Gasteiger partial charge < -0.3 is 5.11 Å². The number of aliphatic hydroxyl groups is 1. The summed E-state index contributed by atoms with van der Waals surface area (Å²) >= 11 is 0. The predicted octanol–water partition coefficient (Wildman–Crippen LogP) is 4.96. The fourth-order valence-corrected chi connectivity index (χ4v) is 2.74. The Hall–Kier alpha value is -3.13. The van der Waals surface area contributed by atoms with Gasteiger partial charge in [-0.15, -0.1) is 0 Å². The number of hydrogen-bond acceptors (Lipinski definition) is 5. The summed E-state index contributed by atoms with van der Waals surface area (Å²) in [7, 11) is 0. The Balaban J connectivity index is 2.03. The first-order chi connectivity index (χ1) is 14.0. The van der Waals surface area contributed by atoms with Gasteiger partial charge in [0.05, 0.1) is 16.9 Å². The summed E-state index contributed by atoms with van der Waals surface area (Å²) in [6.07, 6.45) is -1.01. The molecule has 2 aromatic heterocycles. The maximum Gasteiger partial charge on any atom is 0.416 e. The normalized spacial score (nSPS) is 12.1. The highest BCUT2D eigenvalue weighted by molar-refractivity contribution is 5.95. The molecule has 0 unspecified atom stereocenters. The molecule has 0 amide bonds. The molecule has 2 heterocycles. The Morgan fingerprint density at radius 1 is 1.03 bits per heavy atom. The van der Waals surface area contributed by atoms with Crippen LogP contribution in [0, 0.1) is 0 Å². The highest BCUT2D eigenvalue weighted by atomic mass is 19.4. The first kappa shape index (κ1) is 21.6. The van der Waals surface area contributed by atoms with Gasteiger partial charge in [0.25, 0.3) is 0 Å². The molecule has 0 radical (unpaired) electrons. The number of carbonyl (C=O) groups is 1. The molecule has 156 valence electrons. The second kappa shape index (κ2) is 8.31. The zero-order chi connectivity index (χ0) is 21.9. The lowest BCUT2D eigenvalue weighted by Crippen LogP contribution is -2.20. The maximum absolute atomic E-state index is 12.9. The minimum absolute atomic E-state index is 0.0689. The molecule has 0 spiro atoms. The second-order valence-electron chi connectivity index (χ2n) is 7.51. The van der Waals surface area contributed by atoms with E-state index in [2.05, 4.69) is 15.0 Å². The summed E-state index contributed by atoms with van der Waals surface area (Å²) in [5.41, 5.74) is -0.332. The molecule has 0 aliphatic rings. The summed E-state index contributed by atoms with van der Waals surface area (Å²) in [4.78, 5) is 25.4. The molecule has 0 aliphatic carbocycles. The summed E-state index contributed by atoms with van der Waals surface area (Å²) in [5, 5.41) is 9.89.